The third kappa shape index (κ3) is 3.03. The highest BCUT2D eigenvalue weighted by Crippen LogP contribution is 2.26. The molecular weight excluding hydrogens is 305 g/mol. The summed E-state index contributed by atoms with van der Waals surface area (Å²) >= 11 is 0. The van der Waals surface area contributed by atoms with E-state index in [2.05, 4.69) is 14.9 Å². The minimum Gasteiger partial charge on any atom is -0.320 e. The van der Waals surface area contributed by atoms with E-state index in [1.807, 2.05) is 0 Å². The van der Waals surface area contributed by atoms with Crippen molar-refractivity contribution in [1.82, 2.24) is 19.5 Å². The van der Waals surface area contributed by atoms with Crippen molar-refractivity contribution in [2.45, 2.75) is 11.4 Å². The van der Waals surface area contributed by atoms with E-state index in [-0.39, 0.29) is 6.54 Å². The molecule has 1 heterocycles. The van der Waals surface area contributed by atoms with Gasteiger partial charge in [-0.25, -0.2) is 13.1 Å². The molecule has 11 heteroatoms. The zero-order chi connectivity index (χ0) is 15.6. The summed E-state index contributed by atoms with van der Waals surface area (Å²) in [6.07, 6.45) is 1.37. The Morgan fingerprint density at radius 1 is 1.48 bits per heavy atom. The molecule has 1 N–H and O–H groups in total. The number of para-hydroxylation sites is 1. The Balaban J connectivity index is 2.34. The predicted molar refractivity (Wildman–Crippen MR) is 68.1 cm³/mol. The van der Waals surface area contributed by atoms with Gasteiger partial charge in [0, 0.05) is 7.05 Å². The van der Waals surface area contributed by atoms with Gasteiger partial charge in [0.15, 0.2) is 4.90 Å². The number of nitrogens with zero attached hydrogens (tertiary/aromatic N) is 4. The highest BCUT2D eigenvalue weighted by atomic mass is 32.2. The first kappa shape index (κ1) is 15.0. The normalized spacial score (nSPS) is 11.5. The molecule has 0 radical (unpaired) electrons. The first-order valence-electron chi connectivity index (χ1n) is 5.58. The number of nitrogens with one attached hydrogen (secondary N) is 1. The second-order valence-electron chi connectivity index (χ2n) is 4.03. The summed E-state index contributed by atoms with van der Waals surface area (Å²) in [6, 6.07) is 2.86. The van der Waals surface area contributed by atoms with Crippen molar-refractivity contribution in [2.75, 3.05) is 0 Å². The quantitative estimate of drug-likeness (QED) is 0.627. The van der Waals surface area contributed by atoms with Crippen molar-refractivity contribution in [3.8, 4) is 0 Å². The largest absolute Gasteiger partial charge is 0.324 e. The number of aryl methyl sites for hydroxylation is 1. The van der Waals surface area contributed by atoms with Crippen LogP contribution in [0.25, 0.3) is 0 Å². The molecule has 1 aromatic carbocycles. The fourth-order valence-electron chi connectivity index (χ4n) is 1.59. The molecule has 0 unspecified atom stereocenters. The molecular formula is C10H10FN5O4S. The number of aromatic nitrogens is 3. The van der Waals surface area contributed by atoms with E-state index in [9.17, 15) is 22.9 Å². The number of rotatable bonds is 5. The molecule has 1 aromatic heterocycles. The maximum absolute atomic E-state index is 13.4. The lowest BCUT2D eigenvalue weighted by atomic mass is 10.3. The zero-order valence-electron chi connectivity index (χ0n) is 10.7. The molecule has 0 spiro atoms. The van der Waals surface area contributed by atoms with Crippen LogP contribution in [0.2, 0.25) is 0 Å². The molecule has 0 amide bonds. The molecule has 112 valence electrons. The van der Waals surface area contributed by atoms with E-state index in [0.717, 1.165) is 18.2 Å². The summed E-state index contributed by atoms with van der Waals surface area (Å²) in [4.78, 5) is 9.00. The van der Waals surface area contributed by atoms with Gasteiger partial charge in [0.25, 0.3) is 0 Å². The van der Waals surface area contributed by atoms with Crippen LogP contribution in [0.5, 0.6) is 0 Å². The Bertz CT molecular complexity index is 788. The second-order valence-corrected chi connectivity index (χ2v) is 5.76. The van der Waals surface area contributed by atoms with Crippen LogP contribution >= 0.6 is 0 Å². The molecule has 21 heavy (non-hydrogen) atoms. The summed E-state index contributed by atoms with van der Waals surface area (Å²) in [5.41, 5.74) is -1.09. The smallest absolute Gasteiger partial charge is 0.320 e. The predicted octanol–water partition coefficient (Wildman–Crippen LogP) is 0.341. The van der Waals surface area contributed by atoms with Crippen molar-refractivity contribution in [2.24, 2.45) is 7.05 Å². The van der Waals surface area contributed by atoms with Gasteiger partial charge in [-0.05, 0) is 12.1 Å². The molecule has 0 bridgehead atoms. The van der Waals surface area contributed by atoms with E-state index in [1.165, 1.54) is 10.9 Å². The van der Waals surface area contributed by atoms with Crippen LogP contribution in [0.1, 0.15) is 5.82 Å². The number of nitro benzene ring substituents is 1. The van der Waals surface area contributed by atoms with Gasteiger partial charge in [0.05, 0.1) is 11.5 Å². The third-order valence-electron chi connectivity index (χ3n) is 2.65. The molecule has 2 aromatic rings. The van der Waals surface area contributed by atoms with E-state index in [4.69, 9.17) is 0 Å². The number of benzene rings is 1. The lowest BCUT2D eigenvalue weighted by molar-refractivity contribution is -0.390. The monoisotopic (exact) mass is 315 g/mol. The molecule has 0 saturated carbocycles. The Kier molecular flexibility index (Phi) is 3.95. The van der Waals surface area contributed by atoms with Crippen LogP contribution in [-0.4, -0.2) is 28.1 Å². The van der Waals surface area contributed by atoms with Gasteiger partial charge in [-0.1, -0.05) is 6.07 Å². The lowest BCUT2D eigenvalue weighted by Gasteiger charge is -2.07. The van der Waals surface area contributed by atoms with Crippen LogP contribution < -0.4 is 4.72 Å². The van der Waals surface area contributed by atoms with E-state index in [0.29, 0.717) is 5.82 Å². The zero-order valence-corrected chi connectivity index (χ0v) is 11.5. The topological polar surface area (TPSA) is 120 Å². The first-order chi connectivity index (χ1) is 9.83. The minimum absolute atomic E-state index is 0.230. The third-order valence-corrected chi connectivity index (χ3v) is 4.08. The summed E-state index contributed by atoms with van der Waals surface area (Å²) < 4.78 is 41.2. The van der Waals surface area contributed by atoms with Gasteiger partial charge < -0.3 is 4.57 Å². The van der Waals surface area contributed by atoms with Gasteiger partial charge in [0.1, 0.15) is 12.2 Å². The van der Waals surface area contributed by atoms with E-state index >= 15 is 0 Å². The maximum Gasteiger partial charge on any atom is 0.324 e. The van der Waals surface area contributed by atoms with Crippen LogP contribution in [0.4, 0.5) is 10.1 Å². The van der Waals surface area contributed by atoms with Crippen molar-refractivity contribution in [1.29, 1.82) is 0 Å². The molecule has 0 fully saturated rings. The van der Waals surface area contributed by atoms with Gasteiger partial charge in [0.2, 0.25) is 15.8 Å². The number of nitro groups is 1. The molecule has 0 saturated heterocycles. The van der Waals surface area contributed by atoms with Crippen molar-refractivity contribution in [3.63, 3.8) is 0 Å². The van der Waals surface area contributed by atoms with Gasteiger partial charge >= 0.3 is 5.69 Å². The second kappa shape index (κ2) is 5.54. The summed E-state index contributed by atoms with van der Waals surface area (Å²) in [5, 5.41) is 18.1. The van der Waals surface area contributed by atoms with E-state index < -0.39 is 31.3 Å². The van der Waals surface area contributed by atoms with Gasteiger partial charge in [-0.3, -0.25) is 10.1 Å². The summed E-state index contributed by atoms with van der Waals surface area (Å²) in [7, 11) is -2.66. The molecule has 0 aliphatic carbocycles. The Labute approximate surface area is 118 Å². The first-order valence-corrected chi connectivity index (χ1v) is 7.06. The van der Waals surface area contributed by atoms with Crippen LogP contribution in [0.15, 0.2) is 29.4 Å². The number of sulfonamides is 1. The van der Waals surface area contributed by atoms with Gasteiger partial charge in [-0.15, -0.1) is 10.2 Å². The Morgan fingerprint density at radius 2 is 2.19 bits per heavy atom. The standard InChI is InChI=1S/C10H10FN5O4S/c1-15-6-12-14-9(15)5-13-21(19,20)8-4-2-3-7(11)10(8)16(17)18/h2-4,6,13H,5H2,1H3. The number of halogens is 1. The SMILES string of the molecule is Cn1cnnc1CNS(=O)(=O)c1cccc(F)c1[N+](=O)[O-]. The summed E-state index contributed by atoms with van der Waals surface area (Å²) in [6.45, 7) is -0.230. The summed E-state index contributed by atoms with van der Waals surface area (Å²) in [5.74, 6) is -0.917. The molecule has 2 rings (SSSR count). The van der Waals surface area contributed by atoms with Crippen molar-refractivity contribution in [3.05, 3.63) is 46.3 Å². The fraction of sp³-hybridized carbons (Fsp3) is 0.200. The van der Waals surface area contributed by atoms with Crippen molar-refractivity contribution < 1.29 is 17.7 Å². The minimum atomic E-state index is -4.26. The maximum atomic E-state index is 13.4. The van der Waals surface area contributed by atoms with Crippen LogP contribution in [-0.2, 0) is 23.6 Å². The molecule has 0 aliphatic rings. The number of hydrogen-bond acceptors (Lipinski definition) is 6. The van der Waals surface area contributed by atoms with E-state index in [1.54, 1.807) is 7.05 Å². The fourth-order valence-corrected chi connectivity index (χ4v) is 2.75. The highest BCUT2D eigenvalue weighted by Gasteiger charge is 2.29. The van der Waals surface area contributed by atoms with Crippen LogP contribution in [0.3, 0.4) is 0 Å². The molecule has 0 atom stereocenters. The van der Waals surface area contributed by atoms with Crippen molar-refractivity contribution >= 4 is 15.7 Å². The highest BCUT2D eigenvalue weighted by molar-refractivity contribution is 7.89. The van der Waals surface area contributed by atoms with Gasteiger partial charge in [-0.2, -0.15) is 4.39 Å². The average molecular weight is 315 g/mol. The molecule has 9 nitrogen and oxygen atoms in total. The Morgan fingerprint density at radius 3 is 2.76 bits per heavy atom. The lowest BCUT2D eigenvalue weighted by Crippen LogP contribution is -2.25. The molecule has 0 aliphatic heterocycles. The number of hydrogen-bond donors (Lipinski definition) is 1. The Hall–Kier alpha value is -2.40. The van der Waals surface area contributed by atoms with Crippen LogP contribution in [0, 0.1) is 15.9 Å². The average Bonchev–Trinajstić information content (AvgIpc) is 2.81.